The summed E-state index contributed by atoms with van der Waals surface area (Å²) in [6, 6.07) is 7.24. The van der Waals surface area contributed by atoms with Crippen LogP contribution in [0.1, 0.15) is 30.6 Å². The van der Waals surface area contributed by atoms with E-state index >= 15 is 0 Å². The number of ether oxygens (including phenoxy) is 1. The van der Waals surface area contributed by atoms with E-state index in [0.717, 1.165) is 12.2 Å². The standard InChI is InChI=1S/C13H18BrNO2/c1-3-7-17-12-6-4-5-11(8-12)13(16)15-9-10(2)14/h4-6,8,10H,3,7,9H2,1-2H3,(H,15,16). The number of hydrogen-bond donors (Lipinski definition) is 1. The van der Waals surface area contributed by atoms with E-state index in [1.807, 2.05) is 26.0 Å². The average molecular weight is 300 g/mol. The van der Waals surface area contributed by atoms with E-state index in [2.05, 4.69) is 21.2 Å². The highest BCUT2D eigenvalue weighted by atomic mass is 79.9. The molecule has 0 saturated heterocycles. The average Bonchev–Trinajstić information content (AvgIpc) is 2.33. The van der Waals surface area contributed by atoms with Crippen LogP contribution in [0.3, 0.4) is 0 Å². The van der Waals surface area contributed by atoms with E-state index in [9.17, 15) is 4.79 Å². The van der Waals surface area contributed by atoms with Crippen LogP contribution in [0.2, 0.25) is 0 Å². The predicted molar refractivity (Wildman–Crippen MR) is 73.0 cm³/mol. The molecule has 1 rings (SSSR count). The Balaban J connectivity index is 2.60. The first-order chi connectivity index (χ1) is 8.13. The maximum atomic E-state index is 11.8. The highest BCUT2D eigenvalue weighted by molar-refractivity contribution is 9.09. The molecule has 0 aliphatic carbocycles. The van der Waals surface area contributed by atoms with Crippen molar-refractivity contribution >= 4 is 21.8 Å². The minimum atomic E-state index is -0.0711. The lowest BCUT2D eigenvalue weighted by Crippen LogP contribution is -2.28. The first-order valence-corrected chi connectivity index (χ1v) is 6.70. The number of alkyl halides is 1. The van der Waals surface area contributed by atoms with Gasteiger partial charge in [-0.2, -0.15) is 0 Å². The summed E-state index contributed by atoms with van der Waals surface area (Å²) in [6.07, 6.45) is 0.956. The van der Waals surface area contributed by atoms with Crippen LogP contribution in [0, 0.1) is 0 Å². The van der Waals surface area contributed by atoms with Gasteiger partial charge in [0.15, 0.2) is 0 Å². The van der Waals surface area contributed by atoms with E-state index in [-0.39, 0.29) is 10.7 Å². The topological polar surface area (TPSA) is 38.3 Å². The fraction of sp³-hybridized carbons (Fsp3) is 0.462. The number of hydrogen-bond acceptors (Lipinski definition) is 2. The van der Waals surface area contributed by atoms with Crippen LogP contribution in [-0.4, -0.2) is 23.9 Å². The number of carbonyl (C=O) groups excluding carboxylic acids is 1. The van der Waals surface area contributed by atoms with Gasteiger partial charge in [0.1, 0.15) is 5.75 Å². The summed E-state index contributed by atoms with van der Waals surface area (Å²) in [5.74, 6) is 0.671. The highest BCUT2D eigenvalue weighted by Gasteiger charge is 2.07. The van der Waals surface area contributed by atoms with Crippen LogP contribution in [0.25, 0.3) is 0 Å². The van der Waals surface area contributed by atoms with Crippen molar-refractivity contribution in [3.63, 3.8) is 0 Å². The third-order valence-electron chi connectivity index (χ3n) is 2.11. The van der Waals surface area contributed by atoms with Gasteiger partial charge in [-0.15, -0.1) is 0 Å². The van der Waals surface area contributed by atoms with E-state index < -0.39 is 0 Å². The molecule has 1 atom stereocenters. The zero-order valence-corrected chi connectivity index (χ0v) is 11.8. The van der Waals surface area contributed by atoms with Crippen LogP contribution in [-0.2, 0) is 0 Å². The SMILES string of the molecule is CCCOc1cccc(C(=O)NCC(C)Br)c1. The van der Waals surface area contributed by atoms with Crippen LogP contribution >= 0.6 is 15.9 Å². The van der Waals surface area contributed by atoms with Gasteiger partial charge in [0.25, 0.3) is 5.91 Å². The fourth-order valence-corrected chi connectivity index (χ4v) is 1.44. The molecule has 4 heteroatoms. The summed E-state index contributed by atoms with van der Waals surface area (Å²) in [5, 5.41) is 2.84. The van der Waals surface area contributed by atoms with Crippen molar-refractivity contribution in [2.45, 2.75) is 25.1 Å². The quantitative estimate of drug-likeness (QED) is 0.820. The largest absolute Gasteiger partial charge is 0.494 e. The molecule has 1 aromatic rings. The fourth-order valence-electron chi connectivity index (χ4n) is 1.28. The maximum absolute atomic E-state index is 11.8. The van der Waals surface area contributed by atoms with Gasteiger partial charge in [-0.05, 0) is 24.6 Å². The minimum Gasteiger partial charge on any atom is -0.494 e. The van der Waals surface area contributed by atoms with Crippen molar-refractivity contribution in [3.05, 3.63) is 29.8 Å². The molecule has 0 bridgehead atoms. The smallest absolute Gasteiger partial charge is 0.251 e. The Morgan fingerprint density at radius 1 is 1.53 bits per heavy atom. The van der Waals surface area contributed by atoms with Crippen molar-refractivity contribution in [1.29, 1.82) is 0 Å². The van der Waals surface area contributed by atoms with Gasteiger partial charge in [0, 0.05) is 16.9 Å². The van der Waals surface area contributed by atoms with E-state index in [0.29, 0.717) is 18.7 Å². The third kappa shape index (κ3) is 5.22. The van der Waals surface area contributed by atoms with E-state index in [1.54, 1.807) is 12.1 Å². The van der Waals surface area contributed by atoms with Crippen molar-refractivity contribution in [3.8, 4) is 5.75 Å². The molecule has 0 heterocycles. The van der Waals surface area contributed by atoms with Gasteiger partial charge < -0.3 is 10.1 Å². The zero-order chi connectivity index (χ0) is 12.7. The van der Waals surface area contributed by atoms with Gasteiger partial charge >= 0.3 is 0 Å². The summed E-state index contributed by atoms with van der Waals surface area (Å²) in [7, 11) is 0. The van der Waals surface area contributed by atoms with Crippen molar-refractivity contribution < 1.29 is 9.53 Å². The number of halogens is 1. The first-order valence-electron chi connectivity index (χ1n) is 5.78. The van der Waals surface area contributed by atoms with Crippen LogP contribution in [0.4, 0.5) is 0 Å². The highest BCUT2D eigenvalue weighted by Crippen LogP contribution is 2.13. The Morgan fingerprint density at radius 2 is 2.29 bits per heavy atom. The van der Waals surface area contributed by atoms with Gasteiger partial charge in [-0.25, -0.2) is 0 Å². The van der Waals surface area contributed by atoms with Crippen molar-refractivity contribution in [2.24, 2.45) is 0 Å². The van der Waals surface area contributed by atoms with E-state index in [4.69, 9.17) is 4.74 Å². The van der Waals surface area contributed by atoms with Crippen LogP contribution in [0.15, 0.2) is 24.3 Å². The number of benzene rings is 1. The molecule has 0 fully saturated rings. The lowest BCUT2D eigenvalue weighted by molar-refractivity contribution is 0.0954. The predicted octanol–water partition coefficient (Wildman–Crippen LogP) is 2.99. The van der Waals surface area contributed by atoms with E-state index in [1.165, 1.54) is 0 Å². The summed E-state index contributed by atoms with van der Waals surface area (Å²) < 4.78 is 5.48. The molecule has 0 aromatic heterocycles. The number of carbonyl (C=O) groups is 1. The Kier molecular flexibility index (Phi) is 6.05. The molecule has 1 amide bonds. The molecular weight excluding hydrogens is 282 g/mol. The number of nitrogens with one attached hydrogen (secondary N) is 1. The monoisotopic (exact) mass is 299 g/mol. The second-order valence-electron chi connectivity index (χ2n) is 3.87. The van der Waals surface area contributed by atoms with Gasteiger partial charge in [0.2, 0.25) is 0 Å². The minimum absolute atomic E-state index is 0.0711. The molecule has 1 N–H and O–H groups in total. The molecule has 1 aromatic carbocycles. The molecule has 0 saturated carbocycles. The van der Waals surface area contributed by atoms with Gasteiger partial charge in [-0.3, -0.25) is 4.79 Å². The molecule has 3 nitrogen and oxygen atoms in total. The molecular formula is C13H18BrNO2. The second-order valence-corrected chi connectivity index (χ2v) is 5.43. The summed E-state index contributed by atoms with van der Waals surface area (Å²) >= 11 is 3.38. The van der Waals surface area contributed by atoms with Crippen molar-refractivity contribution in [2.75, 3.05) is 13.2 Å². The lowest BCUT2D eigenvalue weighted by atomic mass is 10.2. The Hall–Kier alpha value is -1.03. The Morgan fingerprint density at radius 3 is 2.94 bits per heavy atom. The molecule has 0 aliphatic rings. The molecule has 0 spiro atoms. The summed E-state index contributed by atoms with van der Waals surface area (Å²) in [5.41, 5.74) is 0.631. The second kappa shape index (κ2) is 7.33. The Bertz CT molecular complexity index is 366. The van der Waals surface area contributed by atoms with Crippen LogP contribution < -0.4 is 10.1 Å². The summed E-state index contributed by atoms with van der Waals surface area (Å²) in [4.78, 5) is 12.1. The molecule has 17 heavy (non-hydrogen) atoms. The molecule has 0 radical (unpaired) electrons. The number of amides is 1. The zero-order valence-electron chi connectivity index (χ0n) is 10.2. The molecule has 1 unspecified atom stereocenters. The van der Waals surface area contributed by atoms with Gasteiger partial charge in [-0.1, -0.05) is 35.8 Å². The van der Waals surface area contributed by atoms with Crippen molar-refractivity contribution in [1.82, 2.24) is 5.32 Å². The third-order valence-corrected chi connectivity index (χ3v) is 2.44. The van der Waals surface area contributed by atoms with Crippen LogP contribution in [0.5, 0.6) is 5.75 Å². The Labute approximate surface area is 111 Å². The molecule has 94 valence electrons. The van der Waals surface area contributed by atoms with Gasteiger partial charge in [0.05, 0.1) is 6.61 Å². The molecule has 0 aliphatic heterocycles. The number of rotatable bonds is 6. The normalized spacial score (nSPS) is 11.9. The first kappa shape index (κ1) is 14.0. The maximum Gasteiger partial charge on any atom is 0.251 e. The summed E-state index contributed by atoms with van der Waals surface area (Å²) in [6.45, 7) is 5.32. The lowest BCUT2D eigenvalue weighted by Gasteiger charge is -2.08.